The van der Waals surface area contributed by atoms with Crippen molar-refractivity contribution < 1.29 is 22.3 Å². The Bertz CT molecular complexity index is 971. The van der Waals surface area contributed by atoms with Gasteiger partial charge >= 0.3 is 0 Å². The first-order chi connectivity index (χ1) is 12.8. The molecular weight excluding hydrogens is 409 g/mol. The number of para-hydroxylation sites is 1. The van der Waals surface area contributed by atoms with Crippen LogP contribution >= 0.6 is 12.4 Å². The molecule has 1 heterocycles. The number of nitrogens with one attached hydrogen (secondary N) is 1. The Kier molecular flexibility index (Phi) is 7.00. The van der Waals surface area contributed by atoms with Crippen LogP contribution in [0, 0.1) is 5.82 Å². The van der Waals surface area contributed by atoms with Crippen molar-refractivity contribution in [2.45, 2.75) is 10.9 Å². The van der Waals surface area contributed by atoms with Gasteiger partial charge in [0, 0.05) is 30.8 Å². The summed E-state index contributed by atoms with van der Waals surface area (Å²) in [6, 6.07) is 10.3. The van der Waals surface area contributed by atoms with Gasteiger partial charge in [-0.05, 0) is 24.3 Å². The molecule has 0 radical (unpaired) electrons. The van der Waals surface area contributed by atoms with Crippen LogP contribution in [0.2, 0.25) is 0 Å². The molecule has 28 heavy (non-hydrogen) atoms. The number of nitrogens with two attached hydrogens (primary N) is 1. The molecule has 10 heteroatoms. The van der Waals surface area contributed by atoms with Crippen LogP contribution in [0.5, 0.6) is 5.75 Å². The number of carbonyl (C=O) groups excluding carboxylic acids is 1. The zero-order chi connectivity index (χ0) is 19.6. The molecule has 1 amide bonds. The minimum absolute atomic E-state index is 0. The van der Waals surface area contributed by atoms with Gasteiger partial charge in [-0.25, -0.2) is 17.9 Å². The van der Waals surface area contributed by atoms with E-state index in [1.807, 2.05) is 24.3 Å². The van der Waals surface area contributed by atoms with E-state index in [1.54, 1.807) is 12.0 Å². The maximum Gasteiger partial charge on any atom is 0.254 e. The Morgan fingerprint density at radius 1 is 1.29 bits per heavy atom. The molecule has 0 saturated carbocycles. The number of carbonyl (C=O) groups is 1. The molecule has 0 aromatic heterocycles. The molecule has 3 rings (SSSR count). The van der Waals surface area contributed by atoms with Gasteiger partial charge in [-0.2, -0.15) is 0 Å². The fourth-order valence-electron chi connectivity index (χ4n) is 3.20. The topological polar surface area (TPSA) is 102 Å². The van der Waals surface area contributed by atoms with Crippen LogP contribution in [0.15, 0.2) is 47.4 Å². The molecule has 0 bridgehead atoms. The first-order valence-corrected chi connectivity index (χ1v) is 9.84. The molecule has 2 aromatic carbocycles. The van der Waals surface area contributed by atoms with Gasteiger partial charge in [0.1, 0.15) is 16.5 Å². The largest absolute Gasteiger partial charge is 0.496 e. The number of methoxy groups -OCH3 is 1. The normalized spacial score (nSPS) is 17.0. The molecule has 1 fully saturated rings. The highest BCUT2D eigenvalue weighted by atomic mass is 35.5. The van der Waals surface area contributed by atoms with Crippen LogP contribution in [-0.2, 0) is 10.0 Å². The Balaban J connectivity index is 0.00000280. The third-order valence-electron chi connectivity index (χ3n) is 4.49. The quantitative estimate of drug-likeness (QED) is 0.770. The molecule has 1 aliphatic rings. The number of rotatable bonds is 4. The Morgan fingerprint density at radius 2 is 2.00 bits per heavy atom. The molecule has 152 valence electrons. The standard InChI is InChI=1S/C18H20FN3O4S.ClH/c1-26-16-5-3-2-4-13(16)15-11-21-8-9-22(15)18(23)12-6-7-17(14(19)10-12)27(20,24)25;/h2-7,10,15,21H,8-9,11H2,1H3,(H2,20,24,25);1H. The lowest BCUT2D eigenvalue weighted by Gasteiger charge is -2.37. The van der Waals surface area contributed by atoms with Gasteiger partial charge in [-0.3, -0.25) is 4.79 Å². The minimum Gasteiger partial charge on any atom is -0.496 e. The zero-order valence-electron chi connectivity index (χ0n) is 15.1. The van der Waals surface area contributed by atoms with E-state index in [-0.39, 0.29) is 24.0 Å². The van der Waals surface area contributed by atoms with E-state index >= 15 is 0 Å². The maximum atomic E-state index is 14.2. The summed E-state index contributed by atoms with van der Waals surface area (Å²) in [5, 5.41) is 8.21. The van der Waals surface area contributed by atoms with Crippen molar-refractivity contribution in [1.29, 1.82) is 0 Å². The first-order valence-electron chi connectivity index (χ1n) is 8.30. The molecule has 1 saturated heterocycles. The van der Waals surface area contributed by atoms with Gasteiger partial charge in [0.15, 0.2) is 0 Å². The van der Waals surface area contributed by atoms with Crippen LogP contribution in [0.1, 0.15) is 22.0 Å². The Hall–Kier alpha value is -2.20. The first kappa shape index (κ1) is 22.1. The van der Waals surface area contributed by atoms with Crippen molar-refractivity contribution in [2.24, 2.45) is 5.14 Å². The van der Waals surface area contributed by atoms with E-state index in [4.69, 9.17) is 9.88 Å². The van der Waals surface area contributed by atoms with Gasteiger partial charge in [-0.15, -0.1) is 12.4 Å². The number of nitrogens with zero attached hydrogens (tertiary/aromatic N) is 1. The van der Waals surface area contributed by atoms with Gasteiger partial charge in [0.05, 0.1) is 13.2 Å². The zero-order valence-corrected chi connectivity index (χ0v) is 16.7. The number of piperazine rings is 1. The smallest absolute Gasteiger partial charge is 0.254 e. The lowest BCUT2D eigenvalue weighted by molar-refractivity contribution is 0.0631. The second-order valence-corrected chi connectivity index (χ2v) is 7.68. The summed E-state index contributed by atoms with van der Waals surface area (Å²) < 4.78 is 42.3. The number of sulfonamides is 1. The SMILES string of the molecule is COc1ccccc1C1CNCCN1C(=O)c1ccc(S(N)(=O)=O)c(F)c1.Cl. The molecular formula is C18H21ClFN3O4S. The van der Waals surface area contributed by atoms with Crippen molar-refractivity contribution in [3.05, 3.63) is 59.4 Å². The number of benzene rings is 2. The summed E-state index contributed by atoms with van der Waals surface area (Å²) >= 11 is 0. The van der Waals surface area contributed by atoms with Crippen LogP contribution in [-0.4, -0.2) is 46.0 Å². The van der Waals surface area contributed by atoms with Gasteiger partial charge in [0.2, 0.25) is 10.0 Å². The van der Waals surface area contributed by atoms with Crippen LogP contribution in [0.4, 0.5) is 4.39 Å². The number of ether oxygens (including phenoxy) is 1. The van der Waals surface area contributed by atoms with E-state index < -0.39 is 26.6 Å². The fraction of sp³-hybridized carbons (Fsp3) is 0.278. The van der Waals surface area contributed by atoms with Crippen molar-refractivity contribution in [1.82, 2.24) is 10.2 Å². The number of primary sulfonamides is 1. The van der Waals surface area contributed by atoms with E-state index in [0.29, 0.717) is 25.4 Å². The molecule has 1 aliphatic heterocycles. The van der Waals surface area contributed by atoms with Crippen molar-refractivity contribution in [2.75, 3.05) is 26.7 Å². The molecule has 1 unspecified atom stereocenters. The molecule has 0 spiro atoms. The fourth-order valence-corrected chi connectivity index (χ4v) is 3.79. The average Bonchev–Trinajstić information content (AvgIpc) is 2.66. The van der Waals surface area contributed by atoms with Crippen LogP contribution in [0.25, 0.3) is 0 Å². The van der Waals surface area contributed by atoms with Crippen molar-refractivity contribution in [3.8, 4) is 5.75 Å². The number of halogens is 2. The third-order valence-corrected chi connectivity index (χ3v) is 5.43. The minimum atomic E-state index is -4.19. The van der Waals surface area contributed by atoms with E-state index in [0.717, 1.165) is 17.7 Å². The molecule has 3 N–H and O–H groups in total. The highest BCUT2D eigenvalue weighted by Gasteiger charge is 2.31. The lowest BCUT2D eigenvalue weighted by atomic mass is 10.0. The summed E-state index contributed by atoms with van der Waals surface area (Å²) in [7, 11) is -2.63. The predicted octanol–water partition coefficient (Wildman–Crippen LogP) is 1.69. The highest BCUT2D eigenvalue weighted by Crippen LogP contribution is 2.31. The number of hydrogen-bond donors (Lipinski definition) is 2. The highest BCUT2D eigenvalue weighted by molar-refractivity contribution is 7.89. The van der Waals surface area contributed by atoms with Crippen LogP contribution < -0.4 is 15.2 Å². The summed E-state index contributed by atoms with van der Waals surface area (Å²) in [6.07, 6.45) is 0. The predicted molar refractivity (Wildman–Crippen MR) is 105 cm³/mol. The van der Waals surface area contributed by atoms with Gasteiger partial charge in [-0.1, -0.05) is 18.2 Å². The summed E-state index contributed by atoms with van der Waals surface area (Å²) in [6.45, 7) is 1.53. The van der Waals surface area contributed by atoms with Crippen molar-refractivity contribution in [3.63, 3.8) is 0 Å². The maximum absolute atomic E-state index is 14.2. The second-order valence-electron chi connectivity index (χ2n) is 6.15. The summed E-state index contributed by atoms with van der Waals surface area (Å²) in [5.41, 5.74) is 0.892. The Labute approximate surface area is 169 Å². The molecule has 7 nitrogen and oxygen atoms in total. The van der Waals surface area contributed by atoms with Gasteiger partial charge in [0.25, 0.3) is 5.91 Å². The molecule has 0 aliphatic carbocycles. The monoisotopic (exact) mass is 429 g/mol. The number of amides is 1. The summed E-state index contributed by atoms with van der Waals surface area (Å²) in [4.78, 5) is 14.0. The van der Waals surface area contributed by atoms with E-state index in [1.165, 1.54) is 6.07 Å². The number of hydrogen-bond acceptors (Lipinski definition) is 5. The molecule has 2 aromatic rings. The van der Waals surface area contributed by atoms with Gasteiger partial charge < -0.3 is 15.0 Å². The second kappa shape index (κ2) is 8.87. The third kappa shape index (κ3) is 4.44. The average molecular weight is 430 g/mol. The van der Waals surface area contributed by atoms with Crippen molar-refractivity contribution >= 4 is 28.3 Å². The van der Waals surface area contributed by atoms with E-state index in [9.17, 15) is 17.6 Å². The lowest BCUT2D eigenvalue weighted by Crippen LogP contribution is -2.48. The van der Waals surface area contributed by atoms with Crippen LogP contribution in [0.3, 0.4) is 0 Å². The van der Waals surface area contributed by atoms with E-state index in [2.05, 4.69) is 5.32 Å². The molecule has 1 atom stereocenters. The Morgan fingerprint density at radius 3 is 2.64 bits per heavy atom. The summed E-state index contributed by atoms with van der Waals surface area (Å²) in [5.74, 6) is -0.792.